The summed E-state index contributed by atoms with van der Waals surface area (Å²) in [7, 11) is 4.97. The average Bonchev–Trinajstić information content (AvgIpc) is 3.22. The van der Waals surface area contributed by atoms with E-state index in [0.717, 1.165) is 11.3 Å². The highest BCUT2D eigenvalue weighted by Gasteiger charge is 2.15. The number of aromatic nitrogens is 3. The van der Waals surface area contributed by atoms with E-state index in [-0.39, 0.29) is 5.91 Å². The Labute approximate surface area is 151 Å². The molecule has 0 unspecified atom stereocenters. The number of hydrogen-bond donors (Lipinski definition) is 0. The van der Waals surface area contributed by atoms with Crippen LogP contribution in [-0.2, 0) is 6.54 Å². The number of rotatable bonds is 6. The van der Waals surface area contributed by atoms with E-state index >= 15 is 0 Å². The minimum Gasteiger partial charge on any atom is -0.497 e. The molecule has 7 nitrogen and oxygen atoms in total. The van der Waals surface area contributed by atoms with Gasteiger partial charge in [0.1, 0.15) is 24.2 Å². The zero-order valence-corrected chi connectivity index (χ0v) is 14.9. The summed E-state index contributed by atoms with van der Waals surface area (Å²) in [6.45, 7) is 0.427. The summed E-state index contributed by atoms with van der Waals surface area (Å²) in [6.07, 6.45) is 3.08. The first-order valence-electron chi connectivity index (χ1n) is 8.04. The summed E-state index contributed by atoms with van der Waals surface area (Å²) in [5, 5.41) is 4.07. The molecule has 0 aliphatic rings. The van der Waals surface area contributed by atoms with Crippen molar-refractivity contribution < 1.29 is 14.3 Å². The van der Waals surface area contributed by atoms with E-state index in [1.54, 1.807) is 55.4 Å². The molecule has 0 aliphatic heterocycles. The first kappa shape index (κ1) is 17.5. The molecule has 3 aromatic rings. The number of carbonyl (C=O) groups excluding carboxylic acids is 1. The van der Waals surface area contributed by atoms with Crippen LogP contribution in [0.3, 0.4) is 0 Å². The van der Waals surface area contributed by atoms with Crippen LogP contribution in [0.2, 0.25) is 0 Å². The lowest BCUT2D eigenvalue weighted by molar-refractivity contribution is 0.0784. The van der Waals surface area contributed by atoms with Crippen molar-refractivity contribution in [2.75, 3.05) is 21.3 Å². The van der Waals surface area contributed by atoms with Crippen LogP contribution in [0.25, 0.3) is 5.69 Å². The highest BCUT2D eigenvalue weighted by atomic mass is 16.5. The van der Waals surface area contributed by atoms with Crippen LogP contribution in [0.5, 0.6) is 11.5 Å². The second-order valence-corrected chi connectivity index (χ2v) is 5.73. The largest absolute Gasteiger partial charge is 0.497 e. The Hall–Kier alpha value is -3.35. The van der Waals surface area contributed by atoms with Crippen LogP contribution in [0, 0.1) is 0 Å². The molecule has 1 aromatic heterocycles. The van der Waals surface area contributed by atoms with E-state index in [1.807, 2.05) is 24.3 Å². The van der Waals surface area contributed by atoms with E-state index in [1.165, 1.54) is 6.33 Å². The number of nitrogens with zero attached hydrogens (tertiary/aromatic N) is 4. The highest BCUT2D eigenvalue weighted by Crippen LogP contribution is 2.26. The molecule has 26 heavy (non-hydrogen) atoms. The van der Waals surface area contributed by atoms with Gasteiger partial charge in [-0.05, 0) is 36.4 Å². The second kappa shape index (κ2) is 7.69. The Morgan fingerprint density at radius 1 is 1.12 bits per heavy atom. The van der Waals surface area contributed by atoms with Gasteiger partial charge in [0.05, 0.1) is 19.9 Å². The Morgan fingerprint density at radius 2 is 1.88 bits per heavy atom. The summed E-state index contributed by atoms with van der Waals surface area (Å²) in [5.41, 5.74) is 2.35. The normalized spacial score (nSPS) is 10.4. The smallest absolute Gasteiger partial charge is 0.253 e. The van der Waals surface area contributed by atoms with Crippen molar-refractivity contribution in [1.29, 1.82) is 0 Å². The monoisotopic (exact) mass is 352 g/mol. The summed E-state index contributed by atoms with van der Waals surface area (Å²) < 4.78 is 12.2. The molecule has 0 N–H and O–H groups in total. The Bertz CT molecular complexity index is 876. The lowest BCUT2D eigenvalue weighted by atomic mass is 10.1. The number of amides is 1. The molecule has 0 bridgehead atoms. The molecule has 0 saturated carbocycles. The first-order valence-corrected chi connectivity index (χ1v) is 8.04. The number of benzene rings is 2. The van der Waals surface area contributed by atoms with Crippen molar-refractivity contribution in [3.05, 3.63) is 66.2 Å². The maximum absolute atomic E-state index is 12.7. The lowest BCUT2D eigenvalue weighted by Gasteiger charge is -2.19. The molecular formula is C19H20N4O3. The van der Waals surface area contributed by atoms with Gasteiger partial charge in [-0.1, -0.05) is 0 Å². The van der Waals surface area contributed by atoms with Crippen molar-refractivity contribution in [3.8, 4) is 17.2 Å². The Kier molecular flexibility index (Phi) is 5.17. The van der Waals surface area contributed by atoms with Crippen LogP contribution in [0.4, 0.5) is 0 Å². The summed E-state index contributed by atoms with van der Waals surface area (Å²) >= 11 is 0. The molecule has 0 spiro atoms. The molecule has 134 valence electrons. The number of methoxy groups -OCH3 is 2. The van der Waals surface area contributed by atoms with E-state index in [4.69, 9.17) is 9.47 Å². The van der Waals surface area contributed by atoms with Gasteiger partial charge < -0.3 is 14.4 Å². The predicted octanol–water partition coefficient (Wildman–Crippen LogP) is 2.56. The van der Waals surface area contributed by atoms with E-state index < -0.39 is 0 Å². The van der Waals surface area contributed by atoms with Crippen molar-refractivity contribution in [2.45, 2.75) is 6.54 Å². The minimum absolute atomic E-state index is 0.0759. The van der Waals surface area contributed by atoms with Gasteiger partial charge >= 0.3 is 0 Å². The second-order valence-electron chi connectivity index (χ2n) is 5.73. The predicted molar refractivity (Wildman–Crippen MR) is 96.7 cm³/mol. The van der Waals surface area contributed by atoms with Crippen LogP contribution in [0.1, 0.15) is 15.9 Å². The van der Waals surface area contributed by atoms with Crippen LogP contribution >= 0.6 is 0 Å². The number of ether oxygens (including phenoxy) is 2. The third-order valence-electron chi connectivity index (χ3n) is 4.05. The van der Waals surface area contributed by atoms with Gasteiger partial charge in [0.2, 0.25) is 0 Å². The fraction of sp³-hybridized carbons (Fsp3) is 0.211. The number of carbonyl (C=O) groups is 1. The Balaban J connectivity index is 1.73. The van der Waals surface area contributed by atoms with Crippen molar-refractivity contribution in [1.82, 2.24) is 19.7 Å². The van der Waals surface area contributed by atoms with Gasteiger partial charge in [-0.25, -0.2) is 9.67 Å². The van der Waals surface area contributed by atoms with Crippen molar-refractivity contribution in [2.24, 2.45) is 0 Å². The maximum atomic E-state index is 12.7. The summed E-state index contributed by atoms with van der Waals surface area (Å²) in [5.74, 6) is 1.32. The Morgan fingerprint density at radius 3 is 2.50 bits per heavy atom. The molecule has 0 aliphatic carbocycles. The maximum Gasteiger partial charge on any atom is 0.253 e. The van der Waals surface area contributed by atoms with Gasteiger partial charge in [-0.15, -0.1) is 0 Å². The summed E-state index contributed by atoms with van der Waals surface area (Å²) in [6, 6.07) is 12.8. The van der Waals surface area contributed by atoms with Crippen LogP contribution in [-0.4, -0.2) is 46.8 Å². The zero-order chi connectivity index (χ0) is 18.5. The van der Waals surface area contributed by atoms with E-state index in [9.17, 15) is 4.79 Å². The van der Waals surface area contributed by atoms with Gasteiger partial charge in [0, 0.05) is 30.8 Å². The topological polar surface area (TPSA) is 69.5 Å². The average molecular weight is 352 g/mol. The third-order valence-corrected chi connectivity index (χ3v) is 4.05. The third kappa shape index (κ3) is 3.66. The fourth-order valence-electron chi connectivity index (χ4n) is 2.63. The van der Waals surface area contributed by atoms with Crippen LogP contribution in [0.15, 0.2) is 55.1 Å². The minimum atomic E-state index is -0.0759. The standard InChI is InChI=1S/C19H20N4O3/c1-22(11-15-6-9-17(25-2)10-18(15)26-3)19(24)14-4-7-16(8-5-14)23-13-20-12-21-23/h4-10,12-13H,11H2,1-3H3. The SMILES string of the molecule is COc1ccc(CN(C)C(=O)c2ccc(-n3cncn3)cc2)c(OC)c1. The molecule has 1 amide bonds. The highest BCUT2D eigenvalue weighted by molar-refractivity contribution is 5.94. The van der Waals surface area contributed by atoms with Crippen molar-refractivity contribution in [3.63, 3.8) is 0 Å². The molecule has 0 atom stereocenters. The first-order chi connectivity index (χ1) is 12.6. The lowest BCUT2D eigenvalue weighted by Crippen LogP contribution is -2.26. The molecule has 2 aromatic carbocycles. The number of hydrogen-bond acceptors (Lipinski definition) is 5. The fourth-order valence-corrected chi connectivity index (χ4v) is 2.63. The van der Waals surface area contributed by atoms with Crippen LogP contribution < -0.4 is 9.47 Å². The zero-order valence-electron chi connectivity index (χ0n) is 14.9. The molecular weight excluding hydrogens is 332 g/mol. The molecule has 0 fully saturated rings. The van der Waals surface area contributed by atoms with Crippen molar-refractivity contribution >= 4 is 5.91 Å². The summed E-state index contributed by atoms with van der Waals surface area (Å²) in [4.78, 5) is 18.3. The molecule has 7 heteroatoms. The van der Waals surface area contributed by atoms with Gasteiger partial charge in [-0.3, -0.25) is 4.79 Å². The van der Waals surface area contributed by atoms with Gasteiger partial charge in [0.15, 0.2) is 0 Å². The quantitative estimate of drug-likeness (QED) is 0.682. The van der Waals surface area contributed by atoms with Gasteiger partial charge in [0.25, 0.3) is 5.91 Å². The molecule has 3 rings (SSSR count). The molecule has 1 heterocycles. The van der Waals surface area contributed by atoms with Gasteiger partial charge in [-0.2, -0.15) is 5.10 Å². The van der Waals surface area contributed by atoms with E-state index in [2.05, 4.69) is 10.1 Å². The molecule has 0 saturated heterocycles. The van der Waals surface area contributed by atoms with E-state index in [0.29, 0.717) is 23.6 Å². The molecule has 0 radical (unpaired) electrons.